The summed E-state index contributed by atoms with van der Waals surface area (Å²) >= 11 is 2.20. The van der Waals surface area contributed by atoms with Crippen LogP contribution in [0.25, 0.3) is 5.69 Å². The lowest BCUT2D eigenvalue weighted by Gasteiger charge is -2.06. The van der Waals surface area contributed by atoms with E-state index in [2.05, 4.69) is 27.7 Å². The van der Waals surface area contributed by atoms with E-state index in [1.54, 1.807) is 4.68 Å². The van der Waals surface area contributed by atoms with Crippen molar-refractivity contribution in [3.63, 3.8) is 0 Å². The number of nitrogen functional groups attached to an aromatic ring is 1. The first-order valence-electron chi connectivity index (χ1n) is 5.37. The number of rotatable bonds is 3. The molecule has 0 bridgehead atoms. The highest BCUT2D eigenvalue weighted by Gasteiger charge is 2.10. The fourth-order valence-corrected chi connectivity index (χ4v) is 1.91. The highest BCUT2D eigenvalue weighted by molar-refractivity contribution is 14.1. The van der Waals surface area contributed by atoms with Gasteiger partial charge in [0.2, 0.25) is 0 Å². The Balaban J connectivity index is 2.36. The number of hydrogen-bond donors (Lipinski definition) is 1. The van der Waals surface area contributed by atoms with Gasteiger partial charge in [0, 0.05) is 0 Å². The Bertz CT molecular complexity index is 519. The van der Waals surface area contributed by atoms with Gasteiger partial charge in [0.1, 0.15) is 11.6 Å². The van der Waals surface area contributed by atoms with Crippen molar-refractivity contribution in [1.29, 1.82) is 0 Å². The number of nitrogens with zero attached hydrogens (tertiary/aromatic N) is 2. The van der Waals surface area contributed by atoms with E-state index in [1.807, 2.05) is 38.1 Å². The molecule has 2 rings (SSSR count). The second kappa shape index (κ2) is 4.95. The van der Waals surface area contributed by atoms with Crippen LogP contribution >= 0.6 is 22.6 Å². The molecular formula is C12H14IN3O. The van der Waals surface area contributed by atoms with Crippen LogP contribution in [-0.2, 0) is 0 Å². The SMILES string of the molecule is CCOc1ccc(-n2nc(C)c(I)c2N)cc1. The standard InChI is InChI=1S/C12H14IN3O/c1-3-17-10-6-4-9(5-7-10)16-12(14)11(13)8(2)15-16/h4-7H,3,14H2,1-2H3. The number of halogens is 1. The summed E-state index contributed by atoms with van der Waals surface area (Å²) < 4.78 is 8.13. The summed E-state index contributed by atoms with van der Waals surface area (Å²) in [6, 6.07) is 7.73. The minimum atomic E-state index is 0.667. The second-order valence-electron chi connectivity index (χ2n) is 3.62. The highest BCUT2D eigenvalue weighted by atomic mass is 127. The van der Waals surface area contributed by atoms with E-state index < -0.39 is 0 Å². The molecule has 0 amide bonds. The Morgan fingerprint density at radius 3 is 2.47 bits per heavy atom. The van der Waals surface area contributed by atoms with Crippen LogP contribution in [0.3, 0.4) is 0 Å². The van der Waals surface area contributed by atoms with Crippen LogP contribution in [0.4, 0.5) is 5.82 Å². The van der Waals surface area contributed by atoms with Gasteiger partial charge in [-0.15, -0.1) is 0 Å². The third-order valence-corrected chi connectivity index (χ3v) is 3.75. The number of aryl methyl sites for hydroxylation is 1. The van der Waals surface area contributed by atoms with E-state index in [0.717, 1.165) is 20.7 Å². The van der Waals surface area contributed by atoms with Crippen molar-refractivity contribution >= 4 is 28.4 Å². The van der Waals surface area contributed by atoms with Crippen LogP contribution in [-0.4, -0.2) is 16.4 Å². The van der Waals surface area contributed by atoms with Gasteiger partial charge in [-0.05, 0) is 60.7 Å². The zero-order valence-electron chi connectivity index (χ0n) is 9.77. The van der Waals surface area contributed by atoms with Crippen LogP contribution in [0, 0.1) is 10.5 Å². The average molecular weight is 343 g/mol. The molecule has 2 aromatic rings. The summed E-state index contributed by atoms with van der Waals surface area (Å²) in [4.78, 5) is 0. The van der Waals surface area contributed by atoms with E-state index in [1.165, 1.54) is 0 Å². The van der Waals surface area contributed by atoms with Crippen molar-refractivity contribution in [3.8, 4) is 11.4 Å². The summed E-state index contributed by atoms with van der Waals surface area (Å²) in [5.74, 6) is 1.53. The van der Waals surface area contributed by atoms with Gasteiger partial charge in [0.15, 0.2) is 0 Å². The summed E-state index contributed by atoms with van der Waals surface area (Å²) in [5.41, 5.74) is 7.88. The normalized spacial score (nSPS) is 10.5. The topological polar surface area (TPSA) is 53.1 Å². The molecule has 1 aromatic heterocycles. The maximum absolute atomic E-state index is 5.99. The third kappa shape index (κ3) is 2.38. The van der Waals surface area contributed by atoms with Crippen molar-refractivity contribution in [3.05, 3.63) is 33.5 Å². The summed E-state index contributed by atoms with van der Waals surface area (Å²) in [5, 5.41) is 4.40. The zero-order valence-corrected chi connectivity index (χ0v) is 11.9. The van der Waals surface area contributed by atoms with Gasteiger partial charge in [0.25, 0.3) is 0 Å². The molecule has 0 saturated carbocycles. The van der Waals surface area contributed by atoms with E-state index in [4.69, 9.17) is 10.5 Å². The van der Waals surface area contributed by atoms with Gasteiger partial charge in [-0.1, -0.05) is 0 Å². The Morgan fingerprint density at radius 2 is 2.00 bits per heavy atom. The van der Waals surface area contributed by atoms with E-state index in [0.29, 0.717) is 12.4 Å². The van der Waals surface area contributed by atoms with E-state index in [-0.39, 0.29) is 0 Å². The van der Waals surface area contributed by atoms with Crippen LogP contribution < -0.4 is 10.5 Å². The van der Waals surface area contributed by atoms with Crippen LogP contribution in [0.2, 0.25) is 0 Å². The summed E-state index contributed by atoms with van der Waals surface area (Å²) in [7, 11) is 0. The van der Waals surface area contributed by atoms with Crippen molar-refractivity contribution in [2.24, 2.45) is 0 Å². The monoisotopic (exact) mass is 343 g/mol. The molecule has 0 aliphatic rings. The lowest BCUT2D eigenvalue weighted by atomic mass is 10.3. The molecule has 2 N–H and O–H groups in total. The summed E-state index contributed by atoms with van der Waals surface area (Å²) in [6.07, 6.45) is 0. The molecular weight excluding hydrogens is 329 g/mol. The summed E-state index contributed by atoms with van der Waals surface area (Å²) in [6.45, 7) is 4.58. The molecule has 0 saturated heterocycles. The first kappa shape index (κ1) is 12.2. The largest absolute Gasteiger partial charge is 0.494 e. The number of benzene rings is 1. The van der Waals surface area contributed by atoms with Crippen molar-refractivity contribution in [2.75, 3.05) is 12.3 Å². The molecule has 0 aliphatic heterocycles. The lowest BCUT2D eigenvalue weighted by molar-refractivity contribution is 0.340. The number of anilines is 1. The molecule has 1 aromatic carbocycles. The first-order chi connectivity index (χ1) is 8.13. The van der Waals surface area contributed by atoms with Crippen molar-refractivity contribution in [2.45, 2.75) is 13.8 Å². The van der Waals surface area contributed by atoms with Gasteiger partial charge in [0.05, 0.1) is 21.6 Å². The predicted octanol–water partition coefficient (Wildman–Crippen LogP) is 2.77. The molecule has 90 valence electrons. The molecule has 0 fully saturated rings. The third-order valence-electron chi connectivity index (χ3n) is 2.41. The molecule has 0 spiro atoms. The number of hydrogen-bond acceptors (Lipinski definition) is 3. The number of aromatic nitrogens is 2. The molecule has 1 heterocycles. The molecule has 0 radical (unpaired) electrons. The number of nitrogens with two attached hydrogens (primary N) is 1. The predicted molar refractivity (Wildman–Crippen MR) is 76.6 cm³/mol. The second-order valence-corrected chi connectivity index (χ2v) is 4.70. The quantitative estimate of drug-likeness (QED) is 0.872. The molecule has 17 heavy (non-hydrogen) atoms. The molecule has 0 atom stereocenters. The Hall–Kier alpha value is -1.24. The average Bonchev–Trinajstić information content (AvgIpc) is 2.59. The minimum absolute atomic E-state index is 0.667. The molecule has 4 nitrogen and oxygen atoms in total. The van der Waals surface area contributed by atoms with Gasteiger partial charge in [-0.2, -0.15) is 5.10 Å². The maximum Gasteiger partial charge on any atom is 0.140 e. The molecule has 5 heteroatoms. The van der Waals surface area contributed by atoms with E-state index in [9.17, 15) is 0 Å². The van der Waals surface area contributed by atoms with Gasteiger partial charge in [-0.3, -0.25) is 0 Å². The minimum Gasteiger partial charge on any atom is -0.494 e. The van der Waals surface area contributed by atoms with Crippen LogP contribution in [0.1, 0.15) is 12.6 Å². The van der Waals surface area contributed by atoms with Gasteiger partial charge < -0.3 is 10.5 Å². The van der Waals surface area contributed by atoms with Crippen molar-refractivity contribution in [1.82, 2.24) is 9.78 Å². The molecule has 0 aliphatic carbocycles. The van der Waals surface area contributed by atoms with Crippen LogP contribution in [0.15, 0.2) is 24.3 Å². The highest BCUT2D eigenvalue weighted by Crippen LogP contribution is 2.23. The Morgan fingerprint density at radius 1 is 1.35 bits per heavy atom. The smallest absolute Gasteiger partial charge is 0.140 e. The lowest BCUT2D eigenvalue weighted by Crippen LogP contribution is -2.02. The van der Waals surface area contributed by atoms with Crippen LogP contribution in [0.5, 0.6) is 5.75 Å². The van der Waals surface area contributed by atoms with Crippen molar-refractivity contribution < 1.29 is 4.74 Å². The van der Waals surface area contributed by atoms with Gasteiger partial charge >= 0.3 is 0 Å². The Kier molecular flexibility index (Phi) is 3.56. The number of ether oxygens (including phenoxy) is 1. The van der Waals surface area contributed by atoms with Gasteiger partial charge in [-0.25, -0.2) is 4.68 Å². The van der Waals surface area contributed by atoms with E-state index >= 15 is 0 Å². The zero-order chi connectivity index (χ0) is 12.4. The first-order valence-corrected chi connectivity index (χ1v) is 6.45. The molecule has 0 unspecified atom stereocenters. The fraction of sp³-hybridized carbons (Fsp3) is 0.250. The maximum atomic E-state index is 5.99. The Labute approximate surface area is 114 Å². The fourth-order valence-electron chi connectivity index (χ4n) is 1.57.